The maximum absolute atomic E-state index is 6.00. The number of anilines is 1. The Morgan fingerprint density at radius 3 is 2.50 bits per heavy atom. The van der Waals surface area contributed by atoms with Crippen molar-refractivity contribution < 1.29 is 0 Å². The van der Waals surface area contributed by atoms with Crippen LogP contribution in [0.25, 0.3) is 10.9 Å². The fraction of sp³-hybridized carbons (Fsp3) is 0.125. The topological polar surface area (TPSA) is 17.0 Å². The van der Waals surface area contributed by atoms with E-state index >= 15 is 0 Å². The lowest BCUT2D eigenvalue weighted by atomic mass is 10.2. The Balaban J connectivity index is 1.87. The van der Waals surface area contributed by atoms with E-state index in [2.05, 4.69) is 47.4 Å². The van der Waals surface area contributed by atoms with Gasteiger partial charge in [0, 0.05) is 46.4 Å². The first-order valence-corrected chi connectivity index (χ1v) is 7.12. The number of aryl methyl sites for hydroxylation is 1. The summed E-state index contributed by atoms with van der Waals surface area (Å²) in [5.41, 5.74) is 3.41. The monoisotopic (exact) mass is 304 g/mol. The first-order valence-electron chi connectivity index (χ1n) is 6.36. The Labute approximate surface area is 127 Å². The van der Waals surface area contributed by atoms with Crippen molar-refractivity contribution in [2.24, 2.45) is 7.05 Å². The maximum atomic E-state index is 6.00. The number of rotatable bonds is 3. The van der Waals surface area contributed by atoms with Crippen molar-refractivity contribution in [3.05, 3.63) is 64.3 Å². The zero-order chi connectivity index (χ0) is 14.1. The maximum Gasteiger partial charge on any atom is 0.0481 e. The molecule has 1 aromatic heterocycles. The average Bonchev–Trinajstić information content (AvgIpc) is 2.73. The van der Waals surface area contributed by atoms with Crippen molar-refractivity contribution in [1.82, 2.24) is 4.57 Å². The van der Waals surface area contributed by atoms with Crippen LogP contribution in [0.3, 0.4) is 0 Å². The molecule has 0 atom stereocenters. The standard InChI is InChI=1S/C16H14Cl2N2/c1-20-10-11(15-4-2-3-5-16(15)20)9-19-14-7-12(17)6-13(18)8-14/h2-8,10,19H,9H2,1H3. The molecular formula is C16H14Cl2N2. The molecule has 2 aromatic carbocycles. The lowest BCUT2D eigenvalue weighted by Crippen LogP contribution is -1.98. The highest BCUT2D eigenvalue weighted by molar-refractivity contribution is 6.35. The number of nitrogens with zero attached hydrogens (tertiary/aromatic N) is 1. The molecular weight excluding hydrogens is 291 g/mol. The Morgan fingerprint density at radius 1 is 1.05 bits per heavy atom. The molecule has 0 aliphatic heterocycles. The highest BCUT2D eigenvalue weighted by Crippen LogP contribution is 2.25. The van der Waals surface area contributed by atoms with Crippen LogP contribution in [0.1, 0.15) is 5.56 Å². The van der Waals surface area contributed by atoms with E-state index in [1.807, 2.05) is 12.1 Å². The van der Waals surface area contributed by atoms with E-state index in [0.717, 1.165) is 12.2 Å². The van der Waals surface area contributed by atoms with Crippen LogP contribution < -0.4 is 5.32 Å². The van der Waals surface area contributed by atoms with Gasteiger partial charge in [0.25, 0.3) is 0 Å². The smallest absolute Gasteiger partial charge is 0.0481 e. The molecule has 102 valence electrons. The van der Waals surface area contributed by atoms with Crippen LogP contribution in [-0.2, 0) is 13.6 Å². The molecule has 1 heterocycles. The third-order valence-corrected chi connectivity index (χ3v) is 3.76. The minimum Gasteiger partial charge on any atom is -0.381 e. The molecule has 20 heavy (non-hydrogen) atoms. The van der Waals surface area contributed by atoms with Gasteiger partial charge in [0.1, 0.15) is 0 Å². The van der Waals surface area contributed by atoms with Crippen LogP contribution in [0.5, 0.6) is 0 Å². The molecule has 0 unspecified atom stereocenters. The Kier molecular flexibility index (Phi) is 3.60. The van der Waals surface area contributed by atoms with Gasteiger partial charge in [-0.05, 0) is 29.8 Å². The summed E-state index contributed by atoms with van der Waals surface area (Å²) in [6.07, 6.45) is 2.14. The molecule has 2 nitrogen and oxygen atoms in total. The van der Waals surface area contributed by atoms with Gasteiger partial charge < -0.3 is 9.88 Å². The largest absolute Gasteiger partial charge is 0.381 e. The molecule has 0 saturated carbocycles. The number of benzene rings is 2. The fourth-order valence-electron chi connectivity index (χ4n) is 2.42. The van der Waals surface area contributed by atoms with Crippen molar-refractivity contribution >= 4 is 39.8 Å². The summed E-state index contributed by atoms with van der Waals surface area (Å²) in [6, 6.07) is 13.8. The molecule has 1 N–H and O–H groups in total. The normalized spacial score (nSPS) is 10.9. The van der Waals surface area contributed by atoms with Gasteiger partial charge >= 0.3 is 0 Å². The predicted molar refractivity (Wildman–Crippen MR) is 86.7 cm³/mol. The van der Waals surface area contributed by atoms with Gasteiger partial charge in [-0.25, -0.2) is 0 Å². The molecule has 0 fully saturated rings. The van der Waals surface area contributed by atoms with Crippen LogP contribution in [0.2, 0.25) is 10.0 Å². The zero-order valence-corrected chi connectivity index (χ0v) is 12.5. The van der Waals surface area contributed by atoms with Gasteiger partial charge in [-0.2, -0.15) is 0 Å². The number of para-hydroxylation sites is 1. The van der Waals surface area contributed by atoms with Crippen molar-refractivity contribution in [3.8, 4) is 0 Å². The third kappa shape index (κ3) is 2.62. The number of fused-ring (bicyclic) bond motifs is 1. The predicted octanol–water partition coefficient (Wildman–Crippen LogP) is 5.10. The van der Waals surface area contributed by atoms with Gasteiger partial charge in [0.05, 0.1) is 0 Å². The molecule has 0 bridgehead atoms. The highest BCUT2D eigenvalue weighted by Gasteiger charge is 2.06. The lowest BCUT2D eigenvalue weighted by Gasteiger charge is -2.07. The number of hydrogen-bond acceptors (Lipinski definition) is 1. The summed E-state index contributed by atoms with van der Waals surface area (Å²) in [7, 11) is 2.06. The summed E-state index contributed by atoms with van der Waals surface area (Å²) in [4.78, 5) is 0. The molecule has 0 spiro atoms. The fourth-order valence-corrected chi connectivity index (χ4v) is 2.95. The summed E-state index contributed by atoms with van der Waals surface area (Å²) in [5.74, 6) is 0. The molecule has 0 amide bonds. The third-order valence-electron chi connectivity index (χ3n) is 3.32. The number of aromatic nitrogens is 1. The Hall–Kier alpha value is -1.64. The van der Waals surface area contributed by atoms with Gasteiger partial charge in [0.2, 0.25) is 0 Å². The van der Waals surface area contributed by atoms with Crippen LogP contribution in [0.4, 0.5) is 5.69 Å². The van der Waals surface area contributed by atoms with Crippen molar-refractivity contribution in [3.63, 3.8) is 0 Å². The molecule has 4 heteroatoms. The number of hydrogen-bond donors (Lipinski definition) is 1. The molecule has 0 radical (unpaired) electrons. The zero-order valence-electron chi connectivity index (χ0n) is 11.0. The van der Waals surface area contributed by atoms with Gasteiger partial charge in [-0.3, -0.25) is 0 Å². The average molecular weight is 305 g/mol. The van der Waals surface area contributed by atoms with Crippen molar-refractivity contribution in [1.29, 1.82) is 0 Å². The van der Waals surface area contributed by atoms with Crippen LogP contribution in [0.15, 0.2) is 48.7 Å². The summed E-state index contributed by atoms with van der Waals surface area (Å²) in [5, 5.41) is 5.90. The Morgan fingerprint density at radius 2 is 1.75 bits per heavy atom. The minimum atomic E-state index is 0.637. The number of halogens is 2. The van der Waals surface area contributed by atoms with Gasteiger partial charge in [0.15, 0.2) is 0 Å². The second-order valence-electron chi connectivity index (χ2n) is 4.79. The molecule has 0 saturated heterocycles. The summed E-state index contributed by atoms with van der Waals surface area (Å²) >= 11 is 12.0. The SMILES string of the molecule is Cn1cc(CNc2cc(Cl)cc(Cl)c2)c2ccccc21. The van der Waals surface area contributed by atoms with Crippen molar-refractivity contribution in [2.45, 2.75) is 6.54 Å². The molecule has 3 rings (SSSR count). The summed E-state index contributed by atoms with van der Waals surface area (Å²) in [6.45, 7) is 0.734. The minimum absolute atomic E-state index is 0.637. The van der Waals surface area contributed by atoms with Gasteiger partial charge in [-0.1, -0.05) is 41.4 Å². The van der Waals surface area contributed by atoms with E-state index in [0.29, 0.717) is 10.0 Å². The first-order chi connectivity index (χ1) is 9.63. The van der Waals surface area contributed by atoms with Crippen LogP contribution >= 0.6 is 23.2 Å². The van der Waals surface area contributed by atoms with Crippen LogP contribution in [0, 0.1) is 0 Å². The Bertz CT molecular complexity index is 742. The first kappa shape index (κ1) is 13.3. The van der Waals surface area contributed by atoms with E-state index < -0.39 is 0 Å². The van der Waals surface area contributed by atoms with E-state index in [9.17, 15) is 0 Å². The second kappa shape index (κ2) is 5.39. The lowest BCUT2D eigenvalue weighted by molar-refractivity contribution is 0.956. The molecule has 0 aliphatic rings. The summed E-state index contributed by atoms with van der Waals surface area (Å²) < 4.78 is 2.14. The van der Waals surface area contributed by atoms with E-state index in [-0.39, 0.29) is 0 Å². The molecule has 3 aromatic rings. The number of nitrogens with one attached hydrogen (secondary N) is 1. The van der Waals surface area contributed by atoms with E-state index in [1.165, 1.54) is 16.5 Å². The van der Waals surface area contributed by atoms with Crippen LogP contribution in [-0.4, -0.2) is 4.57 Å². The van der Waals surface area contributed by atoms with Crippen molar-refractivity contribution in [2.75, 3.05) is 5.32 Å². The van der Waals surface area contributed by atoms with Gasteiger partial charge in [-0.15, -0.1) is 0 Å². The molecule has 0 aliphatic carbocycles. The highest BCUT2D eigenvalue weighted by atomic mass is 35.5. The second-order valence-corrected chi connectivity index (χ2v) is 5.67. The van der Waals surface area contributed by atoms with E-state index in [1.54, 1.807) is 6.07 Å². The van der Waals surface area contributed by atoms with E-state index in [4.69, 9.17) is 23.2 Å². The quantitative estimate of drug-likeness (QED) is 0.712.